The third-order valence-corrected chi connectivity index (χ3v) is 6.90. The number of aromatic nitrogens is 2. The minimum atomic E-state index is -0.265. The number of carbonyl (C=O) groups excluding carboxylic acids is 3. The molecule has 1 heterocycles. The van der Waals surface area contributed by atoms with Crippen LogP contribution in [-0.2, 0) is 11.3 Å². The van der Waals surface area contributed by atoms with Crippen LogP contribution in [-0.4, -0.2) is 45.6 Å². The predicted octanol–water partition coefficient (Wildman–Crippen LogP) is 4.90. The molecule has 1 N–H and O–H groups in total. The Bertz CT molecular complexity index is 1220. The first kappa shape index (κ1) is 23.7. The van der Waals surface area contributed by atoms with Gasteiger partial charge in [0.15, 0.2) is 0 Å². The number of nitrogens with zero attached hydrogens (tertiary/aromatic N) is 3. The monoisotopic (exact) mass is 460 g/mol. The van der Waals surface area contributed by atoms with Crippen molar-refractivity contribution in [1.29, 1.82) is 0 Å². The van der Waals surface area contributed by atoms with Gasteiger partial charge in [-0.15, -0.1) is 0 Å². The van der Waals surface area contributed by atoms with Gasteiger partial charge in [-0.3, -0.25) is 14.9 Å². The van der Waals surface area contributed by atoms with Crippen LogP contribution in [0.1, 0.15) is 70.4 Å². The van der Waals surface area contributed by atoms with E-state index in [-0.39, 0.29) is 17.9 Å². The van der Waals surface area contributed by atoms with Crippen LogP contribution in [0.4, 0.5) is 5.95 Å². The number of fused-ring (bicyclic) bond motifs is 1. The van der Waals surface area contributed by atoms with Gasteiger partial charge in [0.1, 0.15) is 6.29 Å². The van der Waals surface area contributed by atoms with Crippen LogP contribution >= 0.6 is 0 Å². The molecule has 2 amide bonds. The van der Waals surface area contributed by atoms with Gasteiger partial charge in [-0.1, -0.05) is 25.3 Å². The van der Waals surface area contributed by atoms with Crippen LogP contribution in [0.5, 0.6) is 0 Å². The van der Waals surface area contributed by atoms with Gasteiger partial charge in [0, 0.05) is 37.2 Å². The Kier molecular flexibility index (Phi) is 7.10. The van der Waals surface area contributed by atoms with E-state index in [1.807, 2.05) is 48.6 Å². The summed E-state index contributed by atoms with van der Waals surface area (Å²) in [5.41, 5.74) is 4.66. The molecule has 2 aromatic carbocycles. The first-order valence-electron chi connectivity index (χ1n) is 12.0. The molecule has 0 radical (unpaired) electrons. The largest absolute Gasteiger partial charge is 0.339 e. The minimum Gasteiger partial charge on any atom is -0.339 e. The fourth-order valence-electron chi connectivity index (χ4n) is 4.66. The molecule has 0 bridgehead atoms. The van der Waals surface area contributed by atoms with E-state index in [2.05, 4.69) is 10.3 Å². The van der Waals surface area contributed by atoms with Gasteiger partial charge in [0.25, 0.3) is 11.8 Å². The average molecular weight is 461 g/mol. The molecule has 0 atom stereocenters. The van der Waals surface area contributed by atoms with Crippen molar-refractivity contribution in [2.45, 2.75) is 65.0 Å². The summed E-state index contributed by atoms with van der Waals surface area (Å²) >= 11 is 0. The molecular formula is C27H32N4O3. The van der Waals surface area contributed by atoms with Crippen LogP contribution in [0.2, 0.25) is 0 Å². The maximum atomic E-state index is 13.1. The first-order chi connectivity index (χ1) is 16.4. The highest BCUT2D eigenvalue weighted by Gasteiger charge is 2.24. The molecule has 1 aliphatic carbocycles. The Hall–Kier alpha value is -3.48. The number of benzene rings is 2. The third kappa shape index (κ3) is 4.88. The lowest BCUT2D eigenvalue weighted by Crippen LogP contribution is -2.38. The zero-order chi connectivity index (χ0) is 24.2. The van der Waals surface area contributed by atoms with Gasteiger partial charge in [-0.2, -0.15) is 0 Å². The molecule has 7 nitrogen and oxygen atoms in total. The van der Waals surface area contributed by atoms with E-state index in [1.165, 1.54) is 6.42 Å². The Balaban J connectivity index is 1.63. The van der Waals surface area contributed by atoms with Gasteiger partial charge in [0.05, 0.1) is 11.0 Å². The number of aldehydes is 1. The lowest BCUT2D eigenvalue weighted by Gasteiger charge is -2.31. The Morgan fingerprint density at radius 1 is 1.06 bits per heavy atom. The number of carbonyl (C=O) groups is 3. The number of amides is 2. The minimum absolute atomic E-state index is 0.0167. The van der Waals surface area contributed by atoms with E-state index in [0.717, 1.165) is 48.6 Å². The van der Waals surface area contributed by atoms with Crippen molar-refractivity contribution in [3.63, 3.8) is 0 Å². The fraction of sp³-hybridized carbons (Fsp3) is 0.407. The van der Waals surface area contributed by atoms with E-state index < -0.39 is 0 Å². The van der Waals surface area contributed by atoms with Gasteiger partial charge in [-0.05, 0) is 68.1 Å². The SMILES string of the molecule is Cc1ccc(C(=O)Nc2nc3cc(C(=O)N(C)C4CCCCC4)ccc3n2CCC=O)cc1C. The first-order valence-corrected chi connectivity index (χ1v) is 12.0. The van der Waals surface area contributed by atoms with Crippen LogP contribution in [0, 0.1) is 13.8 Å². The Labute approximate surface area is 200 Å². The Morgan fingerprint density at radius 3 is 2.50 bits per heavy atom. The van der Waals surface area contributed by atoms with Crippen LogP contribution in [0.25, 0.3) is 11.0 Å². The highest BCUT2D eigenvalue weighted by atomic mass is 16.2. The van der Waals surface area contributed by atoms with Crippen molar-refractivity contribution in [2.24, 2.45) is 0 Å². The van der Waals surface area contributed by atoms with Gasteiger partial charge in [-0.25, -0.2) is 4.98 Å². The lowest BCUT2D eigenvalue weighted by molar-refractivity contribution is -0.108. The maximum Gasteiger partial charge on any atom is 0.257 e. The second-order valence-electron chi connectivity index (χ2n) is 9.21. The summed E-state index contributed by atoms with van der Waals surface area (Å²) in [4.78, 5) is 43.6. The van der Waals surface area contributed by atoms with E-state index in [9.17, 15) is 14.4 Å². The maximum absolute atomic E-state index is 13.1. The fourth-order valence-corrected chi connectivity index (χ4v) is 4.66. The highest BCUT2D eigenvalue weighted by Crippen LogP contribution is 2.26. The third-order valence-electron chi connectivity index (χ3n) is 6.90. The molecule has 1 aliphatic rings. The lowest BCUT2D eigenvalue weighted by atomic mass is 9.94. The molecule has 178 valence electrons. The van der Waals surface area contributed by atoms with Crippen LogP contribution in [0.3, 0.4) is 0 Å². The van der Waals surface area contributed by atoms with Crippen molar-refractivity contribution < 1.29 is 14.4 Å². The summed E-state index contributed by atoms with van der Waals surface area (Å²) < 4.78 is 1.82. The van der Waals surface area contributed by atoms with Crippen molar-refractivity contribution in [3.8, 4) is 0 Å². The number of imidazole rings is 1. The summed E-state index contributed by atoms with van der Waals surface area (Å²) in [7, 11) is 1.88. The smallest absolute Gasteiger partial charge is 0.257 e. The molecule has 7 heteroatoms. The quantitative estimate of drug-likeness (QED) is 0.508. The predicted molar refractivity (Wildman–Crippen MR) is 133 cm³/mol. The second kappa shape index (κ2) is 10.2. The van der Waals surface area contributed by atoms with Crippen molar-refractivity contribution in [3.05, 3.63) is 58.7 Å². The van der Waals surface area contributed by atoms with Crippen molar-refractivity contribution in [2.75, 3.05) is 12.4 Å². The van der Waals surface area contributed by atoms with E-state index in [1.54, 1.807) is 18.2 Å². The van der Waals surface area contributed by atoms with E-state index in [0.29, 0.717) is 35.6 Å². The van der Waals surface area contributed by atoms with Crippen LogP contribution in [0.15, 0.2) is 36.4 Å². The molecule has 1 fully saturated rings. The summed E-state index contributed by atoms with van der Waals surface area (Å²) in [5.74, 6) is 0.0846. The molecule has 3 aromatic rings. The molecule has 0 spiro atoms. The number of hydrogen-bond acceptors (Lipinski definition) is 4. The zero-order valence-electron chi connectivity index (χ0n) is 20.1. The second-order valence-corrected chi connectivity index (χ2v) is 9.21. The van der Waals surface area contributed by atoms with Gasteiger partial charge >= 0.3 is 0 Å². The number of rotatable bonds is 7. The Morgan fingerprint density at radius 2 is 1.79 bits per heavy atom. The molecule has 0 aliphatic heterocycles. The summed E-state index contributed by atoms with van der Waals surface area (Å²) in [6.45, 7) is 4.35. The molecule has 1 aromatic heterocycles. The molecule has 1 saturated carbocycles. The van der Waals surface area contributed by atoms with E-state index >= 15 is 0 Å². The summed E-state index contributed by atoms with van der Waals surface area (Å²) in [6, 6.07) is 11.3. The molecule has 4 rings (SSSR count). The normalized spacial score (nSPS) is 14.2. The van der Waals surface area contributed by atoms with Crippen LogP contribution < -0.4 is 5.32 Å². The molecular weight excluding hydrogens is 428 g/mol. The summed E-state index contributed by atoms with van der Waals surface area (Å²) in [6.07, 6.45) is 6.78. The average Bonchev–Trinajstić information content (AvgIpc) is 3.19. The summed E-state index contributed by atoms with van der Waals surface area (Å²) in [5, 5.41) is 2.90. The highest BCUT2D eigenvalue weighted by molar-refractivity contribution is 6.04. The molecule has 34 heavy (non-hydrogen) atoms. The zero-order valence-corrected chi connectivity index (χ0v) is 20.1. The standard InChI is InChI=1S/C27H32N4O3/c1-18-10-11-20(16-19(18)2)25(33)29-27-28-23-17-21(12-13-24(23)31(27)14-7-15-32)26(34)30(3)22-8-5-4-6-9-22/h10-13,15-17,22H,4-9,14H2,1-3H3,(H,28,29,33). The number of nitrogens with one attached hydrogen (secondary N) is 1. The number of hydrogen-bond donors (Lipinski definition) is 1. The van der Waals surface area contributed by atoms with Crippen molar-refractivity contribution >= 4 is 35.1 Å². The topological polar surface area (TPSA) is 84.3 Å². The number of anilines is 1. The molecule has 0 saturated heterocycles. The van der Waals surface area contributed by atoms with Gasteiger partial charge < -0.3 is 14.3 Å². The van der Waals surface area contributed by atoms with Crippen molar-refractivity contribution in [1.82, 2.24) is 14.5 Å². The molecule has 0 unspecified atom stereocenters. The number of aryl methyl sites for hydroxylation is 3. The van der Waals surface area contributed by atoms with E-state index in [4.69, 9.17) is 0 Å². The van der Waals surface area contributed by atoms with Gasteiger partial charge in [0.2, 0.25) is 5.95 Å².